The predicted molar refractivity (Wildman–Crippen MR) is 122 cm³/mol. The molecule has 4 rings (SSSR count). The number of carboxylic acids is 1. The number of aliphatic carboxylic acids is 1. The van der Waals surface area contributed by atoms with Gasteiger partial charge in [0.05, 0.1) is 15.0 Å². The number of hydrogen-bond donors (Lipinski definition) is 2. The van der Waals surface area contributed by atoms with E-state index in [2.05, 4.69) is 15.4 Å². The van der Waals surface area contributed by atoms with Crippen LogP contribution < -0.4 is 5.32 Å². The van der Waals surface area contributed by atoms with Crippen molar-refractivity contribution < 1.29 is 23.7 Å². The van der Waals surface area contributed by atoms with E-state index in [1.165, 1.54) is 39.8 Å². The van der Waals surface area contributed by atoms with Crippen LogP contribution in [0, 0.1) is 0 Å². The van der Waals surface area contributed by atoms with E-state index in [4.69, 9.17) is 0 Å². The van der Waals surface area contributed by atoms with Crippen LogP contribution in [0.15, 0.2) is 44.5 Å². The number of carboxylic acid groups (broad SMARTS) is 1. The van der Waals surface area contributed by atoms with E-state index in [0.717, 1.165) is 0 Å². The van der Waals surface area contributed by atoms with Crippen molar-refractivity contribution in [1.29, 1.82) is 0 Å². The molecule has 0 bridgehead atoms. The Morgan fingerprint density at radius 3 is 2.91 bits per heavy atom. The summed E-state index contributed by atoms with van der Waals surface area (Å²) < 4.78 is 14.5. The molecule has 2 aliphatic rings. The van der Waals surface area contributed by atoms with Crippen LogP contribution in [0.2, 0.25) is 0 Å². The largest absolute Gasteiger partial charge is 0.477 e. The molecule has 0 saturated carbocycles. The molecule has 10 nitrogen and oxygen atoms in total. The molecule has 2 N–H and O–H groups in total. The zero-order valence-corrected chi connectivity index (χ0v) is 20.1. The van der Waals surface area contributed by atoms with E-state index in [0.29, 0.717) is 33.0 Å². The summed E-state index contributed by atoms with van der Waals surface area (Å²) in [4.78, 5) is 42.4. The Balaban J connectivity index is 1.40. The fraction of sp³-hybridized carbons (Fsp3) is 0.389. The number of thioether (sulfide) groups is 2. The number of carbonyl (C=O) groups is 3. The molecule has 2 unspecified atom stereocenters. The Morgan fingerprint density at radius 1 is 1.44 bits per heavy atom. The van der Waals surface area contributed by atoms with Crippen LogP contribution in [-0.4, -0.2) is 75.4 Å². The molecule has 3 atom stereocenters. The monoisotopic (exact) mass is 513 g/mol. The predicted octanol–water partition coefficient (Wildman–Crippen LogP) is 0.998. The fourth-order valence-electron chi connectivity index (χ4n) is 3.24. The summed E-state index contributed by atoms with van der Waals surface area (Å²) in [5.41, 5.74) is 0.558. The molecule has 2 aromatic heterocycles. The summed E-state index contributed by atoms with van der Waals surface area (Å²) >= 11 is 4.00. The number of nitrogens with zero attached hydrogens (tertiary/aromatic N) is 4. The first-order chi connectivity index (χ1) is 15.4. The molecular formula is C18H19N5O5S4. The maximum absolute atomic E-state index is 12.7. The van der Waals surface area contributed by atoms with E-state index < -0.39 is 40.0 Å². The zero-order valence-electron chi connectivity index (χ0n) is 16.8. The molecule has 0 aliphatic carbocycles. The van der Waals surface area contributed by atoms with Crippen LogP contribution in [0.4, 0.5) is 0 Å². The van der Waals surface area contributed by atoms with Crippen LogP contribution in [0.5, 0.6) is 0 Å². The minimum absolute atomic E-state index is 0.0474. The van der Waals surface area contributed by atoms with Gasteiger partial charge >= 0.3 is 5.97 Å². The summed E-state index contributed by atoms with van der Waals surface area (Å²) in [6, 6.07) is 2.61. The van der Waals surface area contributed by atoms with Crippen molar-refractivity contribution >= 4 is 63.4 Å². The first-order valence-corrected chi connectivity index (χ1v) is 13.8. The Morgan fingerprint density at radius 2 is 2.25 bits per heavy atom. The van der Waals surface area contributed by atoms with Crippen molar-refractivity contribution in [2.24, 2.45) is 0 Å². The zero-order chi connectivity index (χ0) is 22.8. The average Bonchev–Trinajstić information content (AvgIpc) is 3.47. The Bertz CT molecular complexity index is 1100. The number of amides is 2. The van der Waals surface area contributed by atoms with Gasteiger partial charge in [0.1, 0.15) is 29.2 Å². The summed E-state index contributed by atoms with van der Waals surface area (Å²) in [6.45, 7) is 2.63. The van der Waals surface area contributed by atoms with Gasteiger partial charge in [-0.25, -0.2) is 9.78 Å². The molecule has 1 fully saturated rings. The van der Waals surface area contributed by atoms with Crippen LogP contribution in [0.25, 0.3) is 0 Å². The second-order valence-electron chi connectivity index (χ2n) is 6.81. The average molecular weight is 514 g/mol. The lowest BCUT2D eigenvalue weighted by molar-refractivity contribution is -0.150. The Kier molecular flexibility index (Phi) is 7.02. The number of aromatic nitrogens is 3. The summed E-state index contributed by atoms with van der Waals surface area (Å²) in [5.74, 6) is -1.67. The maximum Gasteiger partial charge on any atom is 0.352 e. The lowest BCUT2D eigenvalue weighted by Crippen LogP contribution is -2.70. The van der Waals surface area contributed by atoms with E-state index in [1.54, 1.807) is 28.5 Å². The Labute approximate surface area is 198 Å². The van der Waals surface area contributed by atoms with Crippen molar-refractivity contribution in [1.82, 2.24) is 25.0 Å². The highest BCUT2D eigenvalue weighted by atomic mass is 32.2. The third-order valence-corrected chi connectivity index (χ3v) is 9.66. The van der Waals surface area contributed by atoms with E-state index in [1.807, 2.05) is 6.92 Å². The van der Waals surface area contributed by atoms with Crippen LogP contribution in [-0.2, 0) is 31.7 Å². The van der Waals surface area contributed by atoms with Gasteiger partial charge in [-0.3, -0.25) is 23.4 Å². The number of nitrogens with one attached hydrogen (secondary N) is 1. The summed E-state index contributed by atoms with van der Waals surface area (Å²) in [5, 5.41) is 18.4. The van der Waals surface area contributed by atoms with Crippen molar-refractivity contribution in [2.45, 2.75) is 34.2 Å². The number of carbonyl (C=O) groups excluding carboxylic acids is 2. The highest BCUT2D eigenvalue weighted by Crippen LogP contribution is 2.41. The number of fused-ring (bicyclic) bond motifs is 1. The third kappa shape index (κ3) is 4.63. The van der Waals surface area contributed by atoms with Gasteiger partial charge in [0, 0.05) is 18.1 Å². The second kappa shape index (κ2) is 9.77. The standard InChI is InChI=1S/C18H19N5O5S4/c1-2-22-9-19-18(21-22)31-7-10-6-30-16-13(15(25)23(16)14(10)17(26)27)20-11(24)8-32(28)12-4-3-5-29-12/h3-5,9,13,16H,2,6-8H2,1H3,(H,20,24)(H,26,27)/t13?,16-,32?/m1/s1. The van der Waals surface area contributed by atoms with Gasteiger partial charge in [0.25, 0.3) is 5.91 Å². The van der Waals surface area contributed by atoms with Crippen molar-refractivity contribution in [2.75, 3.05) is 17.3 Å². The molecular weight excluding hydrogens is 494 g/mol. The number of rotatable bonds is 9. The quantitative estimate of drug-likeness (QED) is 0.372. The third-order valence-electron chi connectivity index (χ3n) is 4.76. The SMILES string of the molecule is CCn1cnc(SCC2=C(C(=O)O)N3C(=O)C(NC(=O)CS(=O)c4cccs4)[C@H]3SC2)n1. The highest BCUT2D eigenvalue weighted by Gasteiger charge is 2.54. The van der Waals surface area contributed by atoms with Gasteiger partial charge in [0.15, 0.2) is 0 Å². The summed E-state index contributed by atoms with van der Waals surface area (Å²) in [7, 11) is -1.48. The number of thiophene rings is 1. The molecule has 2 aromatic rings. The summed E-state index contributed by atoms with van der Waals surface area (Å²) in [6.07, 6.45) is 1.61. The van der Waals surface area contributed by atoms with E-state index >= 15 is 0 Å². The van der Waals surface area contributed by atoms with Gasteiger partial charge in [-0.05, 0) is 23.9 Å². The minimum atomic E-state index is -1.48. The van der Waals surface area contributed by atoms with Crippen LogP contribution >= 0.6 is 34.9 Å². The molecule has 0 aromatic carbocycles. The van der Waals surface area contributed by atoms with Gasteiger partial charge < -0.3 is 10.4 Å². The van der Waals surface area contributed by atoms with E-state index in [9.17, 15) is 23.7 Å². The Hall–Kier alpha value is -2.16. The smallest absolute Gasteiger partial charge is 0.352 e. The van der Waals surface area contributed by atoms with Gasteiger partial charge in [0.2, 0.25) is 11.1 Å². The second-order valence-corrected chi connectivity index (χ2v) is 11.5. The molecule has 2 aliphatic heterocycles. The normalized spacial score (nSPS) is 21.2. The van der Waals surface area contributed by atoms with Crippen molar-refractivity contribution in [3.8, 4) is 0 Å². The van der Waals surface area contributed by atoms with Crippen molar-refractivity contribution in [3.05, 3.63) is 35.1 Å². The minimum Gasteiger partial charge on any atom is -0.477 e. The van der Waals surface area contributed by atoms with Crippen LogP contribution in [0.3, 0.4) is 0 Å². The topological polar surface area (TPSA) is 134 Å². The molecule has 1 saturated heterocycles. The number of aryl methyl sites for hydroxylation is 1. The molecule has 4 heterocycles. The highest BCUT2D eigenvalue weighted by molar-refractivity contribution is 8.01. The first-order valence-electron chi connectivity index (χ1n) is 9.52. The van der Waals surface area contributed by atoms with E-state index in [-0.39, 0.29) is 11.4 Å². The molecule has 2 amide bonds. The fourth-order valence-corrected chi connectivity index (χ4v) is 7.46. The molecule has 0 radical (unpaired) electrons. The lowest BCUT2D eigenvalue weighted by Gasteiger charge is -2.49. The number of β-lactam (4-membered cyclic amide) rings is 1. The molecule has 170 valence electrons. The molecule has 32 heavy (non-hydrogen) atoms. The lowest BCUT2D eigenvalue weighted by atomic mass is 10.0. The maximum atomic E-state index is 12.7. The first kappa shape index (κ1) is 23.0. The number of hydrogen-bond acceptors (Lipinski definition) is 9. The molecule has 0 spiro atoms. The van der Waals surface area contributed by atoms with Gasteiger partial charge in [-0.2, -0.15) is 0 Å². The van der Waals surface area contributed by atoms with Crippen molar-refractivity contribution in [3.63, 3.8) is 0 Å². The molecule has 14 heteroatoms. The van der Waals surface area contributed by atoms with Gasteiger partial charge in [-0.1, -0.05) is 17.8 Å². The van der Waals surface area contributed by atoms with Crippen LogP contribution in [0.1, 0.15) is 6.92 Å². The van der Waals surface area contributed by atoms with Gasteiger partial charge in [-0.15, -0.1) is 28.2 Å².